The smallest absolute Gasteiger partial charge is 0.245 e. The highest BCUT2D eigenvalue weighted by Gasteiger charge is 2.37. The summed E-state index contributed by atoms with van der Waals surface area (Å²) >= 11 is 1.41. The first kappa shape index (κ1) is 13.7. The van der Waals surface area contributed by atoms with Gasteiger partial charge in [-0.2, -0.15) is 0 Å². The van der Waals surface area contributed by atoms with Gasteiger partial charge in [-0.3, -0.25) is 9.69 Å². The number of carbonyl (C=O) groups is 1. The van der Waals surface area contributed by atoms with Crippen molar-refractivity contribution in [1.82, 2.24) is 0 Å². The Balaban J connectivity index is 1.94. The van der Waals surface area contributed by atoms with Gasteiger partial charge in [0.15, 0.2) is 0 Å². The molecule has 0 radical (unpaired) electrons. The normalized spacial score (nSPS) is 16.7. The predicted octanol–water partition coefficient (Wildman–Crippen LogP) is 3.64. The molecule has 0 bridgehead atoms. The molecule has 0 fully saturated rings. The van der Waals surface area contributed by atoms with E-state index < -0.39 is 0 Å². The van der Waals surface area contributed by atoms with Crippen molar-refractivity contribution in [3.8, 4) is 12.3 Å². The maximum atomic E-state index is 13.0. The molecule has 2 aromatic rings. The molecule has 2 aromatic carbocycles. The van der Waals surface area contributed by atoms with Gasteiger partial charge in [0.1, 0.15) is 11.1 Å². The van der Waals surface area contributed by atoms with Gasteiger partial charge in [-0.1, -0.05) is 24.1 Å². The van der Waals surface area contributed by atoms with Crippen LogP contribution in [-0.4, -0.2) is 12.5 Å². The minimum Gasteiger partial charge on any atom is -0.299 e. The van der Waals surface area contributed by atoms with Crippen LogP contribution in [0, 0.1) is 18.2 Å². The molecule has 1 atom stereocenters. The van der Waals surface area contributed by atoms with Crippen molar-refractivity contribution in [2.75, 3.05) is 11.4 Å². The van der Waals surface area contributed by atoms with Crippen LogP contribution in [0.2, 0.25) is 0 Å². The molecular formula is C17H12FNOS. The molecule has 1 aliphatic heterocycles. The van der Waals surface area contributed by atoms with Crippen molar-refractivity contribution in [2.45, 2.75) is 10.1 Å². The number of halogens is 1. The van der Waals surface area contributed by atoms with E-state index >= 15 is 0 Å². The Morgan fingerprint density at radius 1 is 1.19 bits per heavy atom. The average molecular weight is 297 g/mol. The Hall–Kier alpha value is -2.25. The summed E-state index contributed by atoms with van der Waals surface area (Å²) < 4.78 is 13.0. The highest BCUT2D eigenvalue weighted by molar-refractivity contribution is 8.00. The summed E-state index contributed by atoms with van der Waals surface area (Å²) in [5.74, 6) is 2.21. The van der Waals surface area contributed by atoms with Crippen LogP contribution in [0.4, 0.5) is 10.1 Å². The summed E-state index contributed by atoms with van der Waals surface area (Å²) in [7, 11) is 0. The lowest BCUT2D eigenvalue weighted by atomic mass is 10.1. The quantitative estimate of drug-likeness (QED) is 0.806. The van der Waals surface area contributed by atoms with E-state index in [9.17, 15) is 9.18 Å². The van der Waals surface area contributed by atoms with Gasteiger partial charge in [0.05, 0.1) is 6.54 Å². The van der Waals surface area contributed by atoms with Crippen molar-refractivity contribution in [3.05, 3.63) is 59.9 Å². The fourth-order valence-electron chi connectivity index (χ4n) is 2.37. The second-order valence-corrected chi connectivity index (χ2v) is 5.82. The largest absolute Gasteiger partial charge is 0.299 e. The molecule has 1 aliphatic rings. The summed E-state index contributed by atoms with van der Waals surface area (Å²) in [4.78, 5) is 15.0. The van der Waals surface area contributed by atoms with E-state index in [1.807, 2.05) is 24.3 Å². The number of benzene rings is 2. The van der Waals surface area contributed by atoms with Crippen LogP contribution in [0.15, 0.2) is 53.4 Å². The van der Waals surface area contributed by atoms with E-state index in [0.717, 1.165) is 16.1 Å². The summed E-state index contributed by atoms with van der Waals surface area (Å²) in [5, 5.41) is -0.333. The molecule has 1 unspecified atom stereocenters. The molecule has 21 heavy (non-hydrogen) atoms. The van der Waals surface area contributed by atoms with Crippen LogP contribution in [0.3, 0.4) is 0 Å². The lowest BCUT2D eigenvalue weighted by Gasteiger charge is -2.14. The van der Waals surface area contributed by atoms with Crippen LogP contribution in [0.25, 0.3) is 0 Å². The average Bonchev–Trinajstić information content (AvgIpc) is 2.76. The van der Waals surface area contributed by atoms with Crippen LogP contribution < -0.4 is 4.90 Å². The van der Waals surface area contributed by atoms with Gasteiger partial charge in [-0.05, 0) is 35.9 Å². The molecule has 3 rings (SSSR count). The molecule has 0 aliphatic carbocycles. The summed E-state index contributed by atoms with van der Waals surface area (Å²) in [6.07, 6.45) is 5.35. The summed E-state index contributed by atoms with van der Waals surface area (Å²) in [6, 6.07) is 13.8. The zero-order chi connectivity index (χ0) is 14.8. The second kappa shape index (κ2) is 5.63. The molecule has 0 saturated heterocycles. The second-order valence-electron chi connectivity index (χ2n) is 4.64. The molecule has 2 nitrogen and oxygen atoms in total. The molecule has 0 aromatic heterocycles. The van der Waals surface area contributed by atoms with E-state index in [-0.39, 0.29) is 23.5 Å². The minimum atomic E-state index is -0.333. The van der Waals surface area contributed by atoms with Crippen LogP contribution >= 0.6 is 11.8 Å². The van der Waals surface area contributed by atoms with Gasteiger partial charge in [0.25, 0.3) is 0 Å². The molecule has 4 heteroatoms. The molecule has 0 N–H and O–H groups in total. The monoisotopic (exact) mass is 297 g/mol. The Morgan fingerprint density at radius 2 is 1.90 bits per heavy atom. The number of carbonyl (C=O) groups excluding carboxylic acids is 1. The Kier molecular flexibility index (Phi) is 3.68. The third kappa shape index (κ3) is 2.53. The maximum absolute atomic E-state index is 13.0. The highest BCUT2D eigenvalue weighted by atomic mass is 32.2. The van der Waals surface area contributed by atoms with Crippen LogP contribution in [0.5, 0.6) is 0 Å². The number of fused-ring (bicyclic) bond motifs is 1. The highest BCUT2D eigenvalue weighted by Crippen LogP contribution is 2.46. The Morgan fingerprint density at radius 3 is 2.62 bits per heavy atom. The van der Waals surface area contributed by atoms with E-state index in [0.29, 0.717) is 0 Å². The van der Waals surface area contributed by atoms with E-state index in [2.05, 4.69) is 5.92 Å². The summed E-state index contributed by atoms with van der Waals surface area (Å²) in [6.45, 7) is 0.260. The minimum absolute atomic E-state index is 0.0246. The fraction of sp³-hybridized carbons (Fsp3) is 0.118. The first-order valence-electron chi connectivity index (χ1n) is 6.46. The van der Waals surface area contributed by atoms with Crippen molar-refractivity contribution >= 4 is 23.4 Å². The van der Waals surface area contributed by atoms with Gasteiger partial charge < -0.3 is 0 Å². The first-order chi connectivity index (χ1) is 10.2. The third-order valence-corrected chi connectivity index (χ3v) is 4.55. The molecule has 1 heterocycles. The van der Waals surface area contributed by atoms with Gasteiger partial charge >= 0.3 is 0 Å². The lowest BCUT2D eigenvalue weighted by molar-refractivity contribution is -0.117. The van der Waals surface area contributed by atoms with Gasteiger partial charge in [0, 0.05) is 10.6 Å². The van der Waals surface area contributed by atoms with Gasteiger partial charge in [-0.15, -0.1) is 18.2 Å². The van der Waals surface area contributed by atoms with Crippen molar-refractivity contribution in [3.63, 3.8) is 0 Å². The number of hydrogen-bond acceptors (Lipinski definition) is 2. The lowest BCUT2D eigenvalue weighted by Crippen LogP contribution is -2.28. The fourth-order valence-corrected chi connectivity index (χ4v) is 3.49. The maximum Gasteiger partial charge on any atom is 0.245 e. The van der Waals surface area contributed by atoms with E-state index in [1.54, 1.807) is 17.0 Å². The van der Waals surface area contributed by atoms with E-state index in [4.69, 9.17) is 6.42 Å². The zero-order valence-electron chi connectivity index (χ0n) is 11.1. The summed E-state index contributed by atoms with van der Waals surface area (Å²) in [5.41, 5.74) is 1.81. The van der Waals surface area contributed by atoms with Gasteiger partial charge in [-0.25, -0.2) is 4.39 Å². The molecule has 0 spiro atoms. The zero-order valence-corrected chi connectivity index (χ0v) is 11.9. The van der Waals surface area contributed by atoms with Crippen molar-refractivity contribution < 1.29 is 9.18 Å². The Bertz CT molecular complexity index is 720. The number of hydrogen-bond donors (Lipinski definition) is 0. The molecular weight excluding hydrogens is 285 g/mol. The third-order valence-electron chi connectivity index (χ3n) is 3.32. The van der Waals surface area contributed by atoms with E-state index in [1.165, 1.54) is 23.9 Å². The van der Waals surface area contributed by atoms with Crippen molar-refractivity contribution in [1.29, 1.82) is 0 Å². The topological polar surface area (TPSA) is 20.3 Å². The number of amides is 1. The predicted molar refractivity (Wildman–Crippen MR) is 82.6 cm³/mol. The number of terminal acetylenes is 1. The number of anilines is 1. The van der Waals surface area contributed by atoms with Crippen molar-refractivity contribution in [2.24, 2.45) is 0 Å². The molecule has 0 saturated carbocycles. The molecule has 104 valence electrons. The number of nitrogens with zero attached hydrogens (tertiary/aromatic N) is 1. The van der Waals surface area contributed by atoms with Crippen LogP contribution in [-0.2, 0) is 4.79 Å². The van der Waals surface area contributed by atoms with Gasteiger partial charge in [0.2, 0.25) is 5.91 Å². The Labute approximate surface area is 127 Å². The number of rotatable bonds is 3. The van der Waals surface area contributed by atoms with Crippen LogP contribution in [0.1, 0.15) is 10.8 Å². The number of para-hydroxylation sites is 1. The SMILES string of the molecule is C#CCN1C(=O)C(Sc2ccc(F)cc2)c2ccccc21. The number of thioether (sulfide) groups is 1. The first-order valence-corrected chi connectivity index (χ1v) is 7.34. The molecule has 1 amide bonds. The standard InChI is InChI=1S/C17H12FNOS/c1-2-11-19-15-6-4-3-5-14(15)16(17(19)20)21-13-9-7-12(18)8-10-13/h1,3-10,16H,11H2.